The summed E-state index contributed by atoms with van der Waals surface area (Å²) in [5, 5.41) is 8.75. The molecule has 2 atom stereocenters. The number of carboxylic acid groups (broad SMARTS) is 1. The van der Waals surface area contributed by atoms with Gasteiger partial charge in [-0.25, -0.2) is 0 Å². The highest BCUT2D eigenvalue weighted by atomic mass is 19.4. The number of benzene rings is 1. The molecule has 0 spiro atoms. The fourth-order valence-corrected chi connectivity index (χ4v) is 2.21. The highest BCUT2D eigenvalue weighted by molar-refractivity contribution is 5.67. The van der Waals surface area contributed by atoms with Gasteiger partial charge in [0.25, 0.3) is 0 Å². The fraction of sp³-hybridized carbons (Fsp3) is 0.533. The molecule has 0 unspecified atom stereocenters. The van der Waals surface area contributed by atoms with Crippen molar-refractivity contribution in [3.05, 3.63) is 29.8 Å². The summed E-state index contributed by atoms with van der Waals surface area (Å²) >= 11 is 0. The summed E-state index contributed by atoms with van der Waals surface area (Å²) in [6, 6.07) is 5.01. The predicted octanol–water partition coefficient (Wildman–Crippen LogP) is 3.16. The van der Waals surface area contributed by atoms with E-state index in [4.69, 9.17) is 15.6 Å². The molecule has 0 aliphatic carbocycles. The predicted molar refractivity (Wildman–Crippen MR) is 75.5 cm³/mol. The largest absolute Gasteiger partial charge is 0.493 e. The minimum Gasteiger partial charge on any atom is -0.493 e. The number of aliphatic carboxylic acids is 1. The van der Waals surface area contributed by atoms with Gasteiger partial charge in [-0.2, -0.15) is 13.2 Å². The van der Waals surface area contributed by atoms with Crippen LogP contribution in [0.4, 0.5) is 13.2 Å². The molecule has 0 radical (unpaired) electrons. The summed E-state index contributed by atoms with van der Waals surface area (Å²) in [4.78, 5) is 10.7. The van der Waals surface area contributed by atoms with Crippen molar-refractivity contribution in [2.75, 3.05) is 13.2 Å². The van der Waals surface area contributed by atoms with Gasteiger partial charge in [-0.05, 0) is 36.9 Å². The van der Waals surface area contributed by atoms with Crippen LogP contribution < -0.4 is 10.5 Å². The van der Waals surface area contributed by atoms with Gasteiger partial charge in [-0.1, -0.05) is 19.1 Å². The number of alkyl halides is 3. The summed E-state index contributed by atoms with van der Waals surface area (Å²) in [5.74, 6) is -1.47. The Labute approximate surface area is 127 Å². The Morgan fingerprint density at radius 3 is 2.55 bits per heavy atom. The first-order valence-corrected chi connectivity index (χ1v) is 6.95. The van der Waals surface area contributed by atoms with Crippen LogP contribution in [0, 0.1) is 11.8 Å². The smallest absolute Gasteiger partial charge is 0.419 e. The number of rotatable bonds is 8. The Hall–Kier alpha value is -1.76. The molecule has 0 amide bonds. The molecule has 0 bridgehead atoms. The second-order valence-electron chi connectivity index (χ2n) is 5.35. The van der Waals surface area contributed by atoms with Crippen LogP contribution in [0.5, 0.6) is 5.75 Å². The topological polar surface area (TPSA) is 72.5 Å². The molecular weight excluding hydrogens is 299 g/mol. The van der Waals surface area contributed by atoms with Crippen molar-refractivity contribution in [1.29, 1.82) is 0 Å². The number of halogens is 3. The highest BCUT2D eigenvalue weighted by Gasteiger charge is 2.34. The molecule has 7 heteroatoms. The Morgan fingerprint density at radius 1 is 1.36 bits per heavy atom. The van der Waals surface area contributed by atoms with E-state index in [0.29, 0.717) is 6.42 Å². The average Bonchev–Trinajstić information content (AvgIpc) is 2.43. The Balaban J connectivity index is 2.61. The standard InChI is InChI=1S/C15H20F3NO3/c1-10(6-11(8-19)7-14(20)21)9-22-13-5-3-2-4-12(13)15(16,17)18/h2-5,10-11H,6-9,19H2,1H3,(H,20,21)/t10-,11-/m0/s1. The van der Waals surface area contributed by atoms with E-state index in [0.717, 1.165) is 6.07 Å². The quantitative estimate of drug-likeness (QED) is 0.772. The van der Waals surface area contributed by atoms with Crippen LogP contribution in [0.25, 0.3) is 0 Å². The summed E-state index contributed by atoms with van der Waals surface area (Å²) in [6.07, 6.45) is -4.04. The van der Waals surface area contributed by atoms with Crippen molar-refractivity contribution in [2.45, 2.75) is 25.9 Å². The fourth-order valence-electron chi connectivity index (χ4n) is 2.21. The van der Waals surface area contributed by atoms with Gasteiger partial charge < -0.3 is 15.6 Å². The van der Waals surface area contributed by atoms with E-state index >= 15 is 0 Å². The molecule has 0 fully saturated rings. The van der Waals surface area contributed by atoms with E-state index < -0.39 is 17.7 Å². The Bertz CT molecular complexity index is 491. The lowest BCUT2D eigenvalue weighted by Crippen LogP contribution is -2.23. The van der Waals surface area contributed by atoms with Crippen LogP contribution in [0.15, 0.2) is 24.3 Å². The van der Waals surface area contributed by atoms with Crippen LogP contribution in [0.3, 0.4) is 0 Å². The molecule has 0 heterocycles. The lowest BCUT2D eigenvalue weighted by molar-refractivity contribution is -0.139. The van der Waals surface area contributed by atoms with E-state index in [1.54, 1.807) is 6.92 Å². The Kier molecular flexibility index (Phi) is 6.67. The number of carbonyl (C=O) groups is 1. The van der Waals surface area contributed by atoms with E-state index in [9.17, 15) is 18.0 Å². The van der Waals surface area contributed by atoms with Gasteiger partial charge in [0.15, 0.2) is 0 Å². The molecule has 1 aromatic rings. The SMILES string of the molecule is C[C@H](COc1ccccc1C(F)(F)F)C[C@H](CN)CC(=O)O. The van der Waals surface area contributed by atoms with Crippen LogP contribution in [-0.2, 0) is 11.0 Å². The third-order valence-electron chi connectivity index (χ3n) is 3.25. The zero-order valence-electron chi connectivity index (χ0n) is 12.3. The average molecular weight is 319 g/mol. The number of carboxylic acids is 1. The molecule has 0 aliphatic rings. The molecule has 0 saturated heterocycles. The molecule has 0 aromatic heterocycles. The monoisotopic (exact) mass is 319 g/mol. The molecular formula is C15H20F3NO3. The third-order valence-corrected chi connectivity index (χ3v) is 3.25. The first-order valence-electron chi connectivity index (χ1n) is 6.95. The van der Waals surface area contributed by atoms with Crippen molar-refractivity contribution < 1.29 is 27.8 Å². The Morgan fingerprint density at radius 2 is 2.00 bits per heavy atom. The molecule has 0 aliphatic heterocycles. The molecule has 124 valence electrons. The lowest BCUT2D eigenvalue weighted by Gasteiger charge is -2.20. The number of ether oxygens (including phenoxy) is 1. The van der Waals surface area contributed by atoms with E-state index in [2.05, 4.69) is 0 Å². The second kappa shape index (κ2) is 8.03. The minimum atomic E-state index is -4.47. The summed E-state index contributed by atoms with van der Waals surface area (Å²) < 4.78 is 43.7. The minimum absolute atomic E-state index is 0.0556. The molecule has 22 heavy (non-hydrogen) atoms. The third kappa shape index (κ3) is 5.93. The van der Waals surface area contributed by atoms with Crippen molar-refractivity contribution in [2.24, 2.45) is 17.6 Å². The van der Waals surface area contributed by atoms with Crippen LogP contribution in [0.2, 0.25) is 0 Å². The van der Waals surface area contributed by atoms with Gasteiger partial charge in [0.05, 0.1) is 12.2 Å². The zero-order valence-corrected chi connectivity index (χ0v) is 12.3. The molecule has 0 saturated carbocycles. The van der Waals surface area contributed by atoms with Crippen LogP contribution in [-0.4, -0.2) is 24.2 Å². The van der Waals surface area contributed by atoms with Crippen molar-refractivity contribution >= 4 is 5.97 Å². The van der Waals surface area contributed by atoms with E-state index in [-0.39, 0.29) is 37.2 Å². The number of nitrogens with two attached hydrogens (primary N) is 1. The molecule has 4 nitrogen and oxygen atoms in total. The summed E-state index contributed by atoms with van der Waals surface area (Å²) in [7, 11) is 0. The maximum Gasteiger partial charge on any atom is 0.419 e. The zero-order chi connectivity index (χ0) is 16.8. The summed E-state index contributed by atoms with van der Waals surface area (Å²) in [6.45, 7) is 2.08. The van der Waals surface area contributed by atoms with Gasteiger partial charge in [0.1, 0.15) is 5.75 Å². The van der Waals surface area contributed by atoms with Crippen molar-refractivity contribution in [1.82, 2.24) is 0 Å². The van der Waals surface area contributed by atoms with Crippen molar-refractivity contribution in [3.8, 4) is 5.75 Å². The second-order valence-corrected chi connectivity index (χ2v) is 5.35. The first-order chi connectivity index (χ1) is 10.2. The van der Waals surface area contributed by atoms with Gasteiger partial charge in [-0.15, -0.1) is 0 Å². The van der Waals surface area contributed by atoms with E-state index in [1.807, 2.05) is 0 Å². The summed E-state index contributed by atoms with van der Waals surface area (Å²) in [5.41, 5.74) is 4.69. The van der Waals surface area contributed by atoms with Gasteiger partial charge in [0, 0.05) is 6.42 Å². The molecule has 1 rings (SSSR count). The lowest BCUT2D eigenvalue weighted by atomic mass is 9.93. The molecule has 1 aromatic carbocycles. The number of para-hydroxylation sites is 1. The first kappa shape index (κ1) is 18.3. The molecule has 3 N–H and O–H groups in total. The number of hydrogen-bond acceptors (Lipinski definition) is 3. The normalized spacial score (nSPS) is 14.4. The van der Waals surface area contributed by atoms with Crippen molar-refractivity contribution in [3.63, 3.8) is 0 Å². The van der Waals surface area contributed by atoms with Gasteiger partial charge in [-0.3, -0.25) is 4.79 Å². The van der Waals surface area contributed by atoms with Crippen LogP contribution >= 0.6 is 0 Å². The van der Waals surface area contributed by atoms with E-state index in [1.165, 1.54) is 18.2 Å². The maximum atomic E-state index is 12.8. The van der Waals surface area contributed by atoms with Gasteiger partial charge >= 0.3 is 12.1 Å². The van der Waals surface area contributed by atoms with Crippen LogP contribution in [0.1, 0.15) is 25.3 Å². The van der Waals surface area contributed by atoms with Gasteiger partial charge in [0.2, 0.25) is 0 Å². The highest BCUT2D eigenvalue weighted by Crippen LogP contribution is 2.36. The maximum absolute atomic E-state index is 12.8. The number of hydrogen-bond donors (Lipinski definition) is 2.